The zero-order valence-corrected chi connectivity index (χ0v) is 14.0. The Labute approximate surface area is 138 Å². The van der Waals surface area contributed by atoms with Crippen LogP contribution >= 0.6 is 11.3 Å². The Bertz CT molecular complexity index is 726. The number of thiophene rings is 1. The lowest BCUT2D eigenvalue weighted by atomic mass is 10.2. The van der Waals surface area contributed by atoms with Gasteiger partial charge in [-0.25, -0.2) is 9.18 Å². The predicted molar refractivity (Wildman–Crippen MR) is 88.3 cm³/mol. The molecule has 0 unspecified atom stereocenters. The van der Waals surface area contributed by atoms with Gasteiger partial charge in [-0.2, -0.15) is 0 Å². The Morgan fingerprint density at radius 1 is 1.35 bits per heavy atom. The Balaban J connectivity index is 1.98. The van der Waals surface area contributed by atoms with E-state index in [1.165, 1.54) is 36.5 Å². The van der Waals surface area contributed by atoms with Crippen LogP contribution in [0.5, 0.6) is 0 Å². The van der Waals surface area contributed by atoms with Crippen molar-refractivity contribution in [3.8, 4) is 0 Å². The maximum Gasteiger partial charge on any atom is 0.349 e. The number of ether oxygens (including phenoxy) is 1. The van der Waals surface area contributed by atoms with E-state index in [2.05, 4.69) is 5.32 Å². The van der Waals surface area contributed by atoms with Gasteiger partial charge in [-0.05, 0) is 50.1 Å². The fourth-order valence-corrected chi connectivity index (χ4v) is 3.05. The van der Waals surface area contributed by atoms with Gasteiger partial charge in [-0.15, -0.1) is 11.3 Å². The van der Waals surface area contributed by atoms with Crippen molar-refractivity contribution in [2.45, 2.75) is 33.3 Å². The first kappa shape index (κ1) is 17.1. The predicted octanol–water partition coefficient (Wildman–Crippen LogP) is 3.94. The van der Waals surface area contributed by atoms with Crippen LogP contribution in [0.3, 0.4) is 0 Å². The van der Waals surface area contributed by atoms with Crippen LogP contribution in [0, 0.1) is 12.7 Å². The third-order valence-electron chi connectivity index (χ3n) is 3.29. The maximum absolute atomic E-state index is 13.1. The molecule has 0 spiro atoms. The number of halogens is 1. The number of esters is 1. The number of benzene rings is 1. The van der Waals surface area contributed by atoms with Gasteiger partial charge in [0, 0.05) is 10.6 Å². The summed E-state index contributed by atoms with van der Waals surface area (Å²) in [6.45, 7) is 5.43. The van der Waals surface area contributed by atoms with Crippen molar-refractivity contribution in [2.75, 3.05) is 5.32 Å². The number of carbonyl (C=O) groups is 2. The lowest BCUT2D eigenvalue weighted by Crippen LogP contribution is -2.29. The third-order valence-corrected chi connectivity index (χ3v) is 4.65. The lowest BCUT2D eigenvalue weighted by Gasteiger charge is -2.13. The molecule has 122 valence electrons. The van der Waals surface area contributed by atoms with Crippen LogP contribution in [0.1, 0.15) is 34.0 Å². The molecule has 0 fully saturated rings. The fourth-order valence-electron chi connectivity index (χ4n) is 2.05. The lowest BCUT2D eigenvalue weighted by molar-refractivity contribution is -0.123. The molecule has 23 heavy (non-hydrogen) atoms. The van der Waals surface area contributed by atoms with Crippen molar-refractivity contribution in [2.24, 2.45) is 0 Å². The standard InChI is InChI=1S/C17H18FNO3S/c1-4-14-10(2)8-15(23-14)17(21)22-11(3)16(20)19-13-7-5-6-12(18)9-13/h5-9,11H,4H2,1-3H3,(H,19,20)/t11-/m1/s1. The molecule has 1 aromatic heterocycles. The molecular formula is C17H18FNO3S. The van der Waals surface area contributed by atoms with E-state index >= 15 is 0 Å². The Hall–Kier alpha value is -2.21. The molecule has 2 aromatic rings. The number of hydrogen-bond donors (Lipinski definition) is 1. The molecule has 6 heteroatoms. The topological polar surface area (TPSA) is 55.4 Å². The van der Waals surface area contributed by atoms with Crippen molar-refractivity contribution in [3.63, 3.8) is 0 Å². The van der Waals surface area contributed by atoms with Crippen LogP contribution in [0.25, 0.3) is 0 Å². The van der Waals surface area contributed by atoms with E-state index in [0.29, 0.717) is 10.6 Å². The van der Waals surface area contributed by atoms with Crippen molar-refractivity contribution in [1.82, 2.24) is 0 Å². The van der Waals surface area contributed by atoms with Crippen molar-refractivity contribution in [3.05, 3.63) is 51.5 Å². The zero-order chi connectivity index (χ0) is 17.0. The van der Waals surface area contributed by atoms with Gasteiger partial charge in [0.2, 0.25) is 0 Å². The number of hydrogen-bond acceptors (Lipinski definition) is 4. The van der Waals surface area contributed by atoms with Gasteiger partial charge in [0.15, 0.2) is 6.10 Å². The first-order chi connectivity index (χ1) is 10.9. The van der Waals surface area contributed by atoms with Crippen molar-refractivity contribution >= 4 is 28.9 Å². The molecule has 2 rings (SSSR count). The number of rotatable bonds is 5. The maximum atomic E-state index is 13.1. The monoisotopic (exact) mass is 335 g/mol. The zero-order valence-electron chi connectivity index (χ0n) is 13.2. The highest BCUT2D eigenvalue weighted by molar-refractivity contribution is 7.14. The summed E-state index contributed by atoms with van der Waals surface area (Å²) in [7, 11) is 0. The third kappa shape index (κ3) is 4.39. The van der Waals surface area contributed by atoms with Crippen molar-refractivity contribution < 1.29 is 18.7 Å². The average Bonchev–Trinajstić information content (AvgIpc) is 2.88. The summed E-state index contributed by atoms with van der Waals surface area (Å²) in [5.74, 6) is -1.48. The number of aryl methyl sites for hydroxylation is 2. The van der Waals surface area contributed by atoms with Crippen molar-refractivity contribution in [1.29, 1.82) is 0 Å². The summed E-state index contributed by atoms with van der Waals surface area (Å²) in [6.07, 6.45) is -0.127. The second-order valence-electron chi connectivity index (χ2n) is 5.12. The molecule has 1 amide bonds. The Morgan fingerprint density at radius 2 is 2.09 bits per heavy atom. The number of nitrogens with one attached hydrogen (secondary N) is 1. The van der Waals surface area contributed by atoms with Gasteiger partial charge in [-0.1, -0.05) is 13.0 Å². The van der Waals surface area contributed by atoms with E-state index in [0.717, 1.165) is 16.9 Å². The molecule has 1 heterocycles. The van der Waals surface area contributed by atoms with Crippen LogP contribution < -0.4 is 5.32 Å². The highest BCUT2D eigenvalue weighted by Gasteiger charge is 2.21. The van der Waals surface area contributed by atoms with Crippen LogP contribution in [0.2, 0.25) is 0 Å². The first-order valence-corrected chi connectivity index (χ1v) is 8.09. The van der Waals surface area contributed by atoms with E-state index in [1.54, 1.807) is 12.1 Å². The van der Waals surface area contributed by atoms with Crippen LogP contribution in [0.15, 0.2) is 30.3 Å². The Morgan fingerprint density at radius 3 is 2.70 bits per heavy atom. The number of carbonyl (C=O) groups excluding carboxylic acids is 2. The van der Waals surface area contributed by atoms with Crippen LogP contribution in [0.4, 0.5) is 10.1 Å². The minimum atomic E-state index is -0.974. The highest BCUT2D eigenvalue weighted by atomic mass is 32.1. The first-order valence-electron chi connectivity index (χ1n) is 7.27. The van der Waals surface area contributed by atoms with E-state index in [9.17, 15) is 14.0 Å². The number of amides is 1. The molecule has 0 saturated heterocycles. The normalized spacial score (nSPS) is 11.8. The minimum absolute atomic E-state index is 0.318. The fraction of sp³-hybridized carbons (Fsp3) is 0.294. The molecule has 0 radical (unpaired) electrons. The molecule has 1 aromatic carbocycles. The molecular weight excluding hydrogens is 317 g/mol. The largest absolute Gasteiger partial charge is 0.448 e. The molecule has 0 aliphatic heterocycles. The van der Waals surface area contributed by atoms with Crippen LogP contribution in [-0.4, -0.2) is 18.0 Å². The smallest absolute Gasteiger partial charge is 0.349 e. The number of anilines is 1. The quantitative estimate of drug-likeness (QED) is 0.842. The van der Waals surface area contributed by atoms with Gasteiger partial charge >= 0.3 is 5.97 Å². The second kappa shape index (κ2) is 7.37. The summed E-state index contributed by atoms with van der Waals surface area (Å²) in [5, 5.41) is 2.51. The summed E-state index contributed by atoms with van der Waals surface area (Å²) in [6, 6.07) is 7.29. The van der Waals surface area contributed by atoms with E-state index < -0.39 is 23.8 Å². The molecule has 1 N–H and O–H groups in total. The van der Waals surface area contributed by atoms with Gasteiger partial charge in [-0.3, -0.25) is 4.79 Å². The van der Waals surface area contributed by atoms with E-state index in [4.69, 9.17) is 4.74 Å². The summed E-state index contributed by atoms with van der Waals surface area (Å²) in [4.78, 5) is 25.7. The summed E-state index contributed by atoms with van der Waals surface area (Å²) < 4.78 is 18.3. The molecule has 0 bridgehead atoms. The molecule has 1 atom stereocenters. The molecule has 0 aliphatic rings. The van der Waals surface area contributed by atoms with Gasteiger partial charge in [0.05, 0.1) is 0 Å². The van der Waals surface area contributed by atoms with Gasteiger partial charge < -0.3 is 10.1 Å². The van der Waals surface area contributed by atoms with Gasteiger partial charge in [0.25, 0.3) is 5.91 Å². The summed E-state index contributed by atoms with van der Waals surface area (Å²) in [5.41, 5.74) is 1.36. The Kier molecular flexibility index (Phi) is 5.50. The highest BCUT2D eigenvalue weighted by Crippen LogP contribution is 2.23. The van der Waals surface area contributed by atoms with Gasteiger partial charge in [0.1, 0.15) is 10.7 Å². The summed E-state index contributed by atoms with van der Waals surface area (Å²) >= 11 is 1.37. The SMILES string of the molecule is CCc1sc(C(=O)O[C@H](C)C(=O)Nc2cccc(F)c2)cc1C. The van der Waals surface area contributed by atoms with Crippen LogP contribution in [-0.2, 0) is 16.0 Å². The molecule has 4 nitrogen and oxygen atoms in total. The van der Waals surface area contributed by atoms with E-state index in [1.807, 2.05) is 13.8 Å². The minimum Gasteiger partial charge on any atom is -0.448 e. The molecule has 0 aliphatic carbocycles. The molecule has 0 saturated carbocycles. The second-order valence-corrected chi connectivity index (χ2v) is 6.25. The van der Waals surface area contributed by atoms with E-state index in [-0.39, 0.29) is 0 Å². The average molecular weight is 335 g/mol.